The zero-order chi connectivity index (χ0) is 24.6. The third-order valence-electron chi connectivity index (χ3n) is 4.83. The molecule has 1 aliphatic heterocycles. The summed E-state index contributed by atoms with van der Waals surface area (Å²) in [6, 6.07) is 13.1. The number of halogens is 3. The second-order valence-corrected chi connectivity index (χ2v) is 7.06. The number of hydrogen-bond acceptors (Lipinski definition) is 5. The monoisotopic (exact) mass is 470 g/mol. The van der Waals surface area contributed by atoms with Crippen LogP contribution in [0.2, 0.25) is 0 Å². The van der Waals surface area contributed by atoms with Gasteiger partial charge in [-0.05, 0) is 54.6 Å². The molecule has 3 aromatic rings. The predicted octanol–water partition coefficient (Wildman–Crippen LogP) is 4.69. The van der Waals surface area contributed by atoms with Crippen LogP contribution in [0.25, 0.3) is 17.4 Å². The highest BCUT2D eigenvalue weighted by atomic mass is 19.4. The Morgan fingerprint density at radius 3 is 1.97 bits per heavy atom. The number of nitrogens with zero attached hydrogens (tertiary/aromatic N) is 2. The number of carboxylic acids is 2. The number of furan rings is 1. The van der Waals surface area contributed by atoms with Gasteiger partial charge in [0.25, 0.3) is 5.91 Å². The fourth-order valence-electron chi connectivity index (χ4n) is 3.18. The van der Waals surface area contributed by atoms with E-state index in [-0.39, 0.29) is 28.3 Å². The second-order valence-electron chi connectivity index (χ2n) is 7.06. The lowest BCUT2D eigenvalue weighted by molar-refractivity contribution is -0.114. The molecule has 0 saturated heterocycles. The molecule has 0 atom stereocenters. The van der Waals surface area contributed by atoms with Gasteiger partial charge < -0.3 is 14.6 Å². The number of amides is 1. The molecule has 0 bridgehead atoms. The van der Waals surface area contributed by atoms with Crippen molar-refractivity contribution < 1.29 is 42.2 Å². The maximum atomic E-state index is 13.6. The van der Waals surface area contributed by atoms with Crippen molar-refractivity contribution in [3.05, 3.63) is 83.1 Å². The second kappa shape index (κ2) is 8.35. The molecule has 1 amide bonds. The summed E-state index contributed by atoms with van der Waals surface area (Å²) in [5.74, 6) is -3.22. The highest BCUT2D eigenvalue weighted by Gasteiger charge is 2.47. The molecule has 1 aromatic heterocycles. The number of hydrazone groups is 1. The third kappa shape index (κ3) is 4.31. The largest absolute Gasteiger partial charge is 0.478 e. The Morgan fingerprint density at radius 2 is 1.44 bits per heavy atom. The van der Waals surface area contributed by atoms with Gasteiger partial charge in [-0.3, -0.25) is 4.79 Å². The summed E-state index contributed by atoms with van der Waals surface area (Å²) in [4.78, 5) is 34.7. The minimum atomic E-state index is -4.95. The van der Waals surface area contributed by atoms with Crippen LogP contribution in [0, 0.1) is 0 Å². The highest BCUT2D eigenvalue weighted by Crippen LogP contribution is 2.33. The van der Waals surface area contributed by atoms with E-state index >= 15 is 0 Å². The van der Waals surface area contributed by atoms with Gasteiger partial charge in [-0.15, -0.1) is 0 Å². The number of anilines is 1. The number of alkyl halides is 3. The van der Waals surface area contributed by atoms with Gasteiger partial charge in [0.05, 0.1) is 22.4 Å². The number of rotatable bonds is 5. The van der Waals surface area contributed by atoms with E-state index in [4.69, 9.17) is 14.6 Å². The summed E-state index contributed by atoms with van der Waals surface area (Å²) < 4.78 is 46.4. The highest BCUT2D eigenvalue weighted by molar-refractivity contribution is 6.34. The lowest BCUT2D eigenvalue weighted by Crippen LogP contribution is -2.25. The average Bonchev–Trinajstić information content (AvgIpc) is 3.39. The van der Waals surface area contributed by atoms with E-state index in [2.05, 4.69) is 5.10 Å². The molecule has 34 heavy (non-hydrogen) atoms. The molecule has 0 spiro atoms. The van der Waals surface area contributed by atoms with E-state index < -0.39 is 35.3 Å². The van der Waals surface area contributed by atoms with Crippen LogP contribution in [0.1, 0.15) is 26.5 Å². The molecular weight excluding hydrogens is 457 g/mol. The molecule has 2 aromatic carbocycles. The van der Waals surface area contributed by atoms with Crippen molar-refractivity contribution in [3.63, 3.8) is 0 Å². The van der Waals surface area contributed by atoms with Crippen LogP contribution < -0.4 is 5.01 Å². The van der Waals surface area contributed by atoms with Crippen molar-refractivity contribution in [2.24, 2.45) is 5.10 Å². The molecule has 172 valence electrons. The van der Waals surface area contributed by atoms with E-state index in [1.165, 1.54) is 48.5 Å². The number of carbonyl (C=O) groups excluding carboxylic acids is 1. The van der Waals surface area contributed by atoms with Crippen LogP contribution in [0.5, 0.6) is 0 Å². The third-order valence-corrected chi connectivity index (χ3v) is 4.83. The van der Waals surface area contributed by atoms with Gasteiger partial charge in [0.15, 0.2) is 5.71 Å². The SMILES string of the molecule is O=C(O)c1ccc(-c2ccc(/C=C3/C(=O)N(c4ccc(C(=O)O)cc4)N=C3C(F)(F)F)o2)cc1. The van der Waals surface area contributed by atoms with Crippen LogP contribution in [0.15, 0.2) is 75.8 Å². The zero-order valence-corrected chi connectivity index (χ0v) is 16.9. The normalized spacial score (nSPS) is 15.0. The summed E-state index contributed by atoms with van der Waals surface area (Å²) >= 11 is 0. The lowest BCUT2D eigenvalue weighted by Gasteiger charge is -2.11. The first kappa shape index (κ1) is 22.5. The molecule has 0 saturated carbocycles. The zero-order valence-electron chi connectivity index (χ0n) is 16.9. The number of benzene rings is 2. The van der Waals surface area contributed by atoms with Crippen LogP contribution in [0.3, 0.4) is 0 Å². The molecule has 0 radical (unpaired) electrons. The number of carbonyl (C=O) groups is 3. The van der Waals surface area contributed by atoms with E-state index in [0.717, 1.165) is 18.2 Å². The van der Waals surface area contributed by atoms with Crippen molar-refractivity contribution in [3.8, 4) is 11.3 Å². The van der Waals surface area contributed by atoms with Crippen molar-refractivity contribution in [2.45, 2.75) is 6.18 Å². The van der Waals surface area contributed by atoms with Crippen molar-refractivity contribution >= 4 is 35.3 Å². The number of hydrogen-bond donors (Lipinski definition) is 2. The van der Waals surface area contributed by atoms with Gasteiger partial charge >= 0.3 is 18.1 Å². The maximum absolute atomic E-state index is 13.6. The molecule has 11 heteroatoms. The summed E-state index contributed by atoms with van der Waals surface area (Å²) in [6.07, 6.45) is -4.03. The quantitative estimate of drug-likeness (QED) is 0.522. The van der Waals surface area contributed by atoms with Crippen LogP contribution in [0.4, 0.5) is 18.9 Å². The average molecular weight is 470 g/mol. The summed E-state index contributed by atoms with van der Waals surface area (Å²) in [5.41, 5.74) is -1.79. The molecular formula is C23H13F3N2O6. The van der Waals surface area contributed by atoms with Gasteiger partial charge in [0.2, 0.25) is 0 Å². The van der Waals surface area contributed by atoms with Crippen molar-refractivity contribution in [1.82, 2.24) is 0 Å². The Balaban J connectivity index is 1.67. The minimum absolute atomic E-state index is 0.0428. The first-order chi connectivity index (χ1) is 16.0. The minimum Gasteiger partial charge on any atom is -0.478 e. The Labute approximate surface area is 188 Å². The van der Waals surface area contributed by atoms with E-state index in [1.807, 2.05) is 0 Å². The number of aromatic carboxylic acids is 2. The molecule has 2 N–H and O–H groups in total. The smallest absolute Gasteiger partial charge is 0.435 e. The maximum Gasteiger partial charge on any atom is 0.435 e. The fourth-order valence-corrected chi connectivity index (χ4v) is 3.18. The standard InChI is InChI=1S/C23H13F3N2O6/c24-23(25,26)19-17(20(29)28(27-19)15-7-5-14(6-8-15)22(32)33)11-16-9-10-18(34-16)12-1-3-13(4-2-12)21(30)31/h1-11H,(H,30,31)(H,32,33)/b17-11+. The molecule has 1 aliphatic rings. The molecule has 8 nitrogen and oxygen atoms in total. The van der Waals surface area contributed by atoms with Crippen molar-refractivity contribution in [1.29, 1.82) is 0 Å². The van der Waals surface area contributed by atoms with Gasteiger partial charge in [0.1, 0.15) is 11.5 Å². The summed E-state index contributed by atoms with van der Waals surface area (Å²) in [5, 5.41) is 21.9. The van der Waals surface area contributed by atoms with Crippen LogP contribution in [-0.4, -0.2) is 39.9 Å². The van der Waals surface area contributed by atoms with Gasteiger partial charge in [-0.25, -0.2) is 9.59 Å². The summed E-state index contributed by atoms with van der Waals surface area (Å²) in [7, 11) is 0. The van der Waals surface area contributed by atoms with Crippen LogP contribution in [-0.2, 0) is 4.79 Å². The van der Waals surface area contributed by atoms with E-state index in [1.54, 1.807) is 0 Å². The van der Waals surface area contributed by atoms with Crippen molar-refractivity contribution in [2.75, 3.05) is 5.01 Å². The Hall–Kier alpha value is -4.67. The van der Waals surface area contributed by atoms with Gasteiger partial charge in [0, 0.05) is 5.56 Å². The topological polar surface area (TPSA) is 120 Å². The predicted molar refractivity (Wildman–Crippen MR) is 113 cm³/mol. The first-order valence-electron chi connectivity index (χ1n) is 9.54. The fraction of sp³-hybridized carbons (Fsp3) is 0.0435. The first-order valence-corrected chi connectivity index (χ1v) is 9.54. The summed E-state index contributed by atoms with van der Waals surface area (Å²) in [6.45, 7) is 0. The molecule has 0 unspecified atom stereocenters. The van der Waals surface area contributed by atoms with E-state index in [9.17, 15) is 27.6 Å². The Morgan fingerprint density at radius 1 is 0.882 bits per heavy atom. The van der Waals surface area contributed by atoms with Gasteiger partial charge in [-0.2, -0.15) is 23.3 Å². The van der Waals surface area contributed by atoms with Crippen LogP contribution >= 0.6 is 0 Å². The molecule has 0 aliphatic carbocycles. The van der Waals surface area contributed by atoms with E-state index in [0.29, 0.717) is 10.6 Å². The Bertz CT molecular complexity index is 1350. The molecule has 4 rings (SSSR count). The van der Waals surface area contributed by atoms with Gasteiger partial charge in [-0.1, -0.05) is 12.1 Å². The number of carboxylic acid groups (broad SMARTS) is 2. The Kier molecular flexibility index (Phi) is 5.53. The molecule has 0 fully saturated rings. The lowest BCUT2D eigenvalue weighted by atomic mass is 10.1. The molecule has 2 heterocycles.